The molecule has 4 aromatic rings. The lowest BCUT2D eigenvalue weighted by molar-refractivity contribution is -0.141. The number of alkyl halides is 3. The molecular formula is C23H18BrF3N8O2. The maximum Gasteiger partial charge on any atom is 0.433 e. The molecule has 1 saturated carbocycles. The minimum atomic E-state index is -4.66. The molecule has 0 radical (unpaired) electrons. The van der Waals surface area contributed by atoms with Crippen molar-refractivity contribution in [3.8, 4) is 0 Å². The Morgan fingerprint density at radius 3 is 2.70 bits per heavy atom. The first-order chi connectivity index (χ1) is 17.6. The van der Waals surface area contributed by atoms with Crippen LogP contribution in [0.15, 0.2) is 41.3 Å². The molecule has 2 aliphatic rings. The Labute approximate surface area is 215 Å². The second kappa shape index (κ2) is 8.36. The van der Waals surface area contributed by atoms with Gasteiger partial charge in [0.25, 0.3) is 0 Å². The number of hydrogen-bond acceptors (Lipinski definition) is 7. The molecule has 2 fully saturated rings. The van der Waals surface area contributed by atoms with Gasteiger partial charge >= 0.3 is 6.18 Å². The summed E-state index contributed by atoms with van der Waals surface area (Å²) in [5.74, 6) is -0.175. The quantitative estimate of drug-likeness (QED) is 0.357. The molecule has 10 nitrogen and oxygen atoms in total. The maximum atomic E-state index is 13.6. The Morgan fingerprint density at radius 1 is 1.14 bits per heavy atom. The number of aromatic nitrogens is 5. The topological polar surface area (TPSA) is 132 Å². The predicted molar refractivity (Wildman–Crippen MR) is 130 cm³/mol. The summed E-state index contributed by atoms with van der Waals surface area (Å²) in [6, 6.07) is 6.43. The molecule has 6 rings (SSSR count). The lowest BCUT2D eigenvalue weighted by Crippen LogP contribution is -2.46. The van der Waals surface area contributed by atoms with Crippen LogP contribution in [0.5, 0.6) is 0 Å². The zero-order valence-electron chi connectivity index (χ0n) is 18.9. The van der Waals surface area contributed by atoms with Gasteiger partial charge in [-0.05, 0) is 59.0 Å². The van der Waals surface area contributed by atoms with E-state index in [2.05, 4.69) is 41.2 Å². The molecule has 1 unspecified atom stereocenters. The highest BCUT2D eigenvalue weighted by Gasteiger charge is 2.56. The van der Waals surface area contributed by atoms with E-state index in [1.165, 1.54) is 17.0 Å². The van der Waals surface area contributed by atoms with Gasteiger partial charge in [0.15, 0.2) is 0 Å². The van der Waals surface area contributed by atoms with E-state index >= 15 is 0 Å². The summed E-state index contributed by atoms with van der Waals surface area (Å²) in [5.41, 5.74) is 5.29. The summed E-state index contributed by atoms with van der Waals surface area (Å²) >= 11 is 3.26. The zero-order chi connectivity index (χ0) is 26.1. The van der Waals surface area contributed by atoms with Gasteiger partial charge in [-0.2, -0.15) is 13.2 Å². The highest BCUT2D eigenvalue weighted by Crippen LogP contribution is 2.48. The number of rotatable bonds is 4. The molecule has 3 N–H and O–H groups in total. The Kier molecular flexibility index (Phi) is 5.33. The van der Waals surface area contributed by atoms with Crippen LogP contribution in [0.3, 0.4) is 0 Å². The van der Waals surface area contributed by atoms with Crippen LogP contribution in [-0.4, -0.2) is 53.3 Å². The van der Waals surface area contributed by atoms with Crippen LogP contribution in [0.1, 0.15) is 18.5 Å². The molecule has 37 heavy (non-hydrogen) atoms. The van der Waals surface area contributed by atoms with Crippen LogP contribution in [0, 0.1) is 5.92 Å². The number of carbonyl (C=O) groups is 2. The van der Waals surface area contributed by atoms with Crippen molar-refractivity contribution in [1.29, 1.82) is 0 Å². The largest absolute Gasteiger partial charge is 0.433 e. The van der Waals surface area contributed by atoms with Crippen LogP contribution in [-0.2, 0) is 22.3 Å². The van der Waals surface area contributed by atoms with Crippen LogP contribution >= 0.6 is 15.9 Å². The highest BCUT2D eigenvalue weighted by molar-refractivity contribution is 9.10. The van der Waals surface area contributed by atoms with Crippen LogP contribution in [0.25, 0.3) is 22.1 Å². The van der Waals surface area contributed by atoms with Crippen molar-refractivity contribution in [2.45, 2.75) is 37.6 Å². The average molecular weight is 575 g/mol. The van der Waals surface area contributed by atoms with Crippen molar-refractivity contribution >= 4 is 61.4 Å². The second-order valence-corrected chi connectivity index (χ2v) is 9.87. The molecule has 0 bridgehead atoms. The summed E-state index contributed by atoms with van der Waals surface area (Å²) in [5, 5.41) is 2.90. The summed E-state index contributed by atoms with van der Waals surface area (Å²) < 4.78 is 42.1. The summed E-state index contributed by atoms with van der Waals surface area (Å²) in [6.45, 7) is -0.258. The van der Waals surface area contributed by atoms with E-state index in [0.717, 1.165) is 12.5 Å². The number of amides is 2. The monoisotopic (exact) mass is 574 g/mol. The fourth-order valence-electron chi connectivity index (χ4n) is 5.06. The normalized spacial score (nSPS) is 20.9. The lowest BCUT2D eigenvalue weighted by Gasteiger charge is -2.27. The van der Waals surface area contributed by atoms with Gasteiger partial charge in [-0.15, -0.1) is 0 Å². The first-order valence-electron chi connectivity index (χ1n) is 11.3. The number of nitrogen functional groups attached to an aromatic ring is 1. The van der Waals surface area contributed by atoms with Gasteiger partial charge in [0.2, 0.25) is 11.8 Å². The molecule has 14 heteroatoms. The third-order valence-corrected chi connectivity index (χ3v) is 7.20. The number of fused-ring (bicyclic) bond motifs is 4. The van der Waals surface area contributed by atoms with Crippen molar-refractivity contribution in [2.24, 2.45) is 5.92 Å². The number of nitrogens with two attached hydrogens (primary N) is 1. The van der Waals surface area contributed by atoms with E-state index in [4.69, 9.17) is 5.73 Å². The highest BCUT2D eigenvalue weighted by atomic mass is 79.9. The van der Waals surface area contributed by atoms with Gasteiger partial charge in [-0.25, -0.2) is 19.9 Å². The number of anilines is 2. The van der Waals surface area contributed by atoms with Gasteiger partial charge < -0.3 is 20.5 Å². The van der Waals surface area contributed by atoms with Crippen LogP contribution in [0.2, 0.25) is 0 Å². The Bertz CT molecular complexity index is 1590. The number of nitrogens with one attached hydrogen (secondary N) is 1. The van der Waals surface area contributed by atoms with E-state index in [0.29, 0.717) is 16.8 Å². The first-order valence-corrected chi connectivity index (χ1v) is 12.1. The first kappa shape index (κ1) is 23.6. The Hall–Kier alpha value is -3.81. The molecule has 3 atom stereocenters. The standard InChI is InChI=1S/C23H18BrF3N8O2/c24-15-2-1-3-16(32-15)33-22(37)13-7-10-6-12(10)35(13)17(36)8-34-11-4-5-14(23(25,26)27)31-19(11)18-20(28)29-9-30-21(18)34/h1-5,9-10,12-13H,6-8H2,(H2,28,29,30)(H,32,33,37)/t10?,12-,13+/m1/s1. The van der Waals surface area contributed by atoms with E-state index in [9.17, 15) is 22.8 Å². The van der Waals surface area contributed by atoms with E-state index in [1.807, 2.05) is 0 Å². The summed E-state index contributed by atoms with van der Waals surface area (Å²) in [7, 11) is 0. The van der Waals surface area contributed by atoms with Gasteiger partial charge in [0.05, 0.1) is 10.9 Å². The van der Waals surface area contributed by atoms with E-state index in [1.54, 1.807) is 23.1 Å². The third-order valence-electron chi connectivity index (χ3n) is 6.76. The number of piperidine rings is 1. The third kappa shape index (κ3) is 4.04. The molecule has 2 amide bonds. The van der Waals surface area contributed by atoms with Crippen molar-refractivity contribution in [3.63, 3.8) is 0 Å². The fourth-order valence-corrected chi connectivity index (χ4v) is 5.40. The number of pyridine rings is 2. The molecule has 4 aromatic heterocycles. The summed E-state index contributed by atoms with van der Waals surface area (Å²) in [6.07, 6.45) is -2.17. The second-order valence-electron chi connectivity index (χ2n) is 9.06. The smallest absolute Gasteiger partial charge is 0.383 e. The minimum Gasteiger partial charge on any atom is -0.383 e. The van der Waals surface area contributed by atoms with Gasteiger partial charge in [-0.1, -0.05) is 6.07 Å². The number of hydrogen-bond donors (Lipinski definition) is 2. The maximum absolute atomic E-state index is 13.6. The molecule has 1 aliphatic heterocycles. The van der Waals surface area contributed by atoms with Crippen molar-refractivity contribution in [3.05, 3.63) is 47.0 Å². The molecule has 1 aliphatic carbocycles. The Balaban J connectivity index is 1.34. The van der Waals surface area contributed by atoms with Crippen LogP contribution in [0.4, 0.5) is 24.8 Å². The molecular weight excluding hydrogens is 557 g/mol. The molecule has 0 aromatic carbocycles. The van der Waals surface area contributed by atoms with E-state index < -0.39 is 17.9 Å². The molecule has 190 valence electrons. The zero-order valence-corrected chi connectivity index (χ0v) is 20.5. The molecule has 5 heterocycles. The SMILES string of the molecule is Nc1ncnc2c1c1nc(C(F)(F)F)ccc1n2CC(=O)N1[C@@H]2CC2C[C@H]1C(=O)Nc1cccc(Br)n1. The minimum absolute atomic E-state index is 0.0449. The van der Waals surface area contributed by atoms with Crippen molar-refractivity contribution in [1.82, 2.24) is 29.4 Å². The van der Waals surface area contributed by atoms with Gasteiger partial charge in [0.1, 0.15) is 52.0 Å². The number of carbonyl (C=O) groups excluding carboxylic acids is 2. The number of likely N-dealkylation sites (tertiary alicyclic amines) is 1. The number of nitrogens with zero attached hydrogens (tertiary/aromatic N) is 6. The van der Waals surface area contributed by atoms with Crippen molar-refractivity contribution in [2.75, 3.05) is 11.1 Å². The Morgan fingerprint density at radius 2 is 1.95 bits per heavy atom. The van der Waals surface area contributed by atoms with Crippen LogP contribution < -0.4 is 11.1 Å². The van der Waals surface area contributed by atoms with Gasteiger partial charge in [-0.3, -0.25) is 9.59 Å². The molecule has 1 saturated heterocycles. The molecule has 0 spiro atoms. The summed E-state index contributed by atoms with van der Waals surface area (Å²) in [4.78, 5) is 44.3. The van der Waals surface area contributed by atoms with Crippen molar-refractivity contribution < 1.29 is 22.8 Å². The van der Waals surface area contributed by atoms with Gasteiger partial charge in [0, 0.05) is 6.04 Å². The lowest BCUT2D eigenvalue weighted by atomic mass is 10.1. The predicted octanol–water partition coefficient (Wildman–Crippen LogP) is 3.37. The fraction of sp³-hybridized carbons (Fsp3) is 0.304. The average Bonchev–Trinajstić information content (AvgIpc) is 3.38. The van der Waals surface area contributed by atoms with E-state index in [-0.39, 0.29) is 58.2 Å². The number of halogens is 4.